The number of carbonyl (C=O) groups excluding carboxylic acids is 2. The summed E-state index contributed by atoms with van der Waals surface area (Å²) in [6, 6.07) is 21.4. The number of amides is 1. The number of Topliss-reactive ketones (excluding diaryl/α,β-unsaturated/α-hetero) is 1. The molecule has 1 unspecified atom stereocenters. The summed E-state index contributed by atoms with van der Waals surface area (Å²) in [5.74, 6) is 0.575. The van der Waals surface area contributed by atoms with Crippen LogP contribution >= 0.6 is 0 Å². The van der Waals surface area contributed by atoms with E-state index in [9.17, 15) is 14.7 Å². The molecule has 0 radical (unpaired) electrons. The zero-order chi connectivity index (χ0) is 25.9. The highest BCUT2D eigenvalue weighted by Crippen LogP contribution is 2.41. The lowest BCUT2D eigenvalue weighted by Gasteiger charge is -2.26. The highest BCUT2D eigenvalue weighted by atomic mass is 16.5. The van der Waals surface area contributed by atoms with Gasteiger partial charge in [-0.1, -0.05) is 30.3 Å². The van der Waals surface area contributed by atoms with E-state index in [0.29, 0.717) is 42.2 Å². The van der Waals surface area contributed by atoms with Crippen LogP contribution in [0.1, 0.15) is 29.2 Å². The molecule has 0 saturated carbocycles. The number of likely N-dealkylation sites (tertiary alicyclic amines) is 1. The van der Waals surface area contributed by atoms with E-state index in [2.05, 4.69) is 0 Å². The minimum Gasteiger partial charge on any atom is -0.507 e. The van der Waals surface area contributed by atoms with Gasteiger partial charge in [-0.25, -0.2) is 0 Å². The third-order valence-corrected chi connectivity index (χ3v) is 6.66. The number of ether oxygens (including phenoxy) is 2. The van der Waals surface area contributed by atoms with E-state index >= 15 is 0 Å². The quantitative estimate of drug-likeness (QED) is 0.273. The number of fused-ring (bicyclic) bond motifs is 1. The molecule has 1 saturated heterocycles. The first-order valence-corrected chi connectivity index (χ1v) is 12.4. The molecule has 0 bridgehead atoms. The molecule has 2 aliphatic rings. The standard InChI is InChI=1S/C30H30N2O5/c1-31(2)15-7-16-32-27(21-8-6-11-24(19-21)37-23-9-4-3-5-10-23)26(29(34)30(32)35)28(33)22-12-13-25-20(18-22)14-17-36-25/h3-6,8-13,18-19,27,33H,7,14-17H2,1-2H3/b28-26-. The molecule has 1 atom stereocenters. The van der Waals surface area contributed by atoms with E-state index in [1.807, 2.05) is 79.7 Å². The lowest BCUT2D eigenvalue weighted by Crippen LogP contribution is -2.32. The zero-order valence-corrected chi connectivity index (χ0v) is 21.0. The average Bonchev–Trinajstić information content (AvgIpc) is 3.46. The van der Waals surface area contributed by atoms with Crippen molar-refractivity contribution in [3.63, 3.8) is 0 Å². The minimum atomic E-state index is -0.731. The molecular weight excluding hydrogens is 468 g/mol. The van der Waals surface area contributed by atoms with Crippen LogP contribution in [0, 0.1) is 0 Å². The van der Waals surface area contributed by atoms with Crippen molar-refractivity contribution in [1.82, 2.24) is 9.80 Å². The Bertz CT molecular complexity index is 1350. The highest BCUT2D eigenvalue weighted by Gasteiger charge is 2.46. The molecule has 1 fully saturated rings. The van der Waals surface area contributed by atoms with Crippen LogP contribution in [0.25, 0.3) is 5.76 Å². The molecule has 3 aromatic rings. The van der Waals surface area contributed by atoms with E-state index in [1.165, 1.54) is 0 Å². The molecule has 1 N–H and O–H groups in total. The van der Waals surface area contributed by atoms with Crippen LogP contribution < -0.4 is 9.47 Å². The predicted octanol–water partition coefficient (Wildman–Crippen LogP) is 4.79. The van der Waals surface area contributed by atoms with Crippen molar-refractivity contribution in [2.45, 2.75) is 18.9 Å². The second-order valence-electron chi connectivity index (χ2n) is 9.56. The molecule has 7 nitrogen and oxygen atoms in total. The molecule has 0 spiro atoms. The molecule has 3 aromatic carbocycles. The fourth-order valence-corrected chi connectivity index (χ4v) is 4.88. The smallest absolute Gasteiger partial charge is 0.295 e. The van der Waals surface area contributed by atoms with Gasteiger partial charge >= 0.3 is 0 Å². The lowest BCUT2D eigenvalue weighted by molar-refractivity contribution is -0.139. The average molecular weight is 499 g/mol. The number of aliphatic hydroxyl groups is 1. The number of para-hydroxylation sites is 1. The van der Waals surface area contributed by atoms with Crippen molar-refractivity contribution < 1.29 is 24.2 Å². The summed E-state index contributed by atoms with van der Waals surface area (Å²) in [5.41, 5.74) is 2.26. The summed E-state index contributed by atoms with van der Waals surface area (Å²) in [6.45, 7) is 1.73. The fraction of sp³-hybridized carbons (Fsp3) is 0.267. The van der Waals surface area contributed by atoms with Crippen molar-refractivity contribution in [3.05, 3.63) is 95.1 Å². The van der Waals surface area contributed by atoms with Crippen LogP contribution in [0.5, 0.6) is 17.2 Å². The van der Waals surface area contributed by atoms with Crippen LogP contribution in [0.3, 0.4) is 0 Å². The molecule has 2 heterocycles. The number of carbonyl (C=O) groups is 2. The fourth-order valence-electron chi connectivity index (χ4n) is 4.88. The van der Waals surface area contributed by atoms with Gasteiger partial charge in [0.25, 0.3) is 11.7 Å². The van der Waals surface area contributed by atoms with E-state index in [1.54, 1.807) is 17.0 Å². The monoisotopic (exact) mass is 498 g/mol. The summed E-state index contributed by atoms with van der Waals surface area (Å²) in [5, 5.41) is 11.4. The number of aliphatic hydroxyl groups excluding tert-OH is 1. The van der Waals surface area contributed by atoms with Gasteiger partial charge in [0.2, 0.25) is 0 Å². The van der Waals surface area contributed by atoms with Crippen molar-refractivity contribution >= 4 is 17.4 Å². The number of hydrogen-bond donors (Lipinski definition) is 1. The Labute approximate surface area is 216 Å². The SMILES string of the molecule is CN(C)CCCN1C(=O)C(=O)/C(=C(\O)c2ccc3c(c2)CCO3)C1c1cccc(Oc2ccccc2)c1. The van der Waals surface area contributed by atoms with Gasteiger partial charge in [-0.3, -0.25) is 9.59 Å². The number of hydrogen-bond acceptors (Lipinski definition) is 6. The van der Waals surface area contributed by atoms with Crippen molar-refractivity contribution in [1.29, 1.82) is 0 Å². The molecule has 37 heavy (non-hydrogen) atoms. The van der Waals surface area contributed by atoms with Crippen LogP contribution in [0.15, 0.2) is 78.4 Å². The number of ketones is 1. The van der Waals surface area contributed by atoms with Crippen LogP contribution in [-0.2, 0) is 16.0 Å². The van der Waals surface area contributed by atoms with Crippen molar-refractivity contribution in [2.75, 3.05) is 33.8 Å². The van der Waals surface area contributed by atoms with Gasteiger partial charge in [-0.15, -0.1) is 0 Å². The third-order valence-electron chi connectivity index (χ3n) is 6.66. The second-order valence-corrected chi connectivity index (χ2v) is 9.56. The summed E-state index contributed by atoms with van der Waals surface area (Å²) in [7, 11) is 3.93. The third kappa shape index (κ3) is 5.08. The Hall–Kier alpha value is -4.10. The maximum Gasteiger partial charge on any atom is 0.295 e. The predicted molar refractivity (Wildman–Crippen MR) is 141 cm³/mol. The summed E-state index contributed by atoms with van der Waals surface area (Å²) >= 11 is 0. The molecule has 7 heteroatoms. The molecule has 1 amide bonds. The Morgan fingerprint density at radius 3 is 2.59 bits per heavy atom. The zero-order valence-electron chi connectivity index (χ0n) is 21.0. The Balaban J connectivity index is 1.56. The molecule has 2 aliphatic heterocycles. The van der Waals surface area contributed by atoms with Crippen LogP contribution in [0.4, 0.5) is 0 Å². The minimum absolute atomic E-state index is 0.0885. The summed E-state index contributed by atoms with van der Waals surface area (Å²) in [4.78, 5) is 30.2. The van der Waals surface area contributed by atoms with Crippen LogP contribution in [-0.4, -0.2) is 60.4 Å². The van der Waals surface area contributed by atoms with Gasteiger partial charge < -0.3 is 24.4 Å². The van der Waals surface area contributed by atoms with Gasteiger partial charge in [-0.2, -0.15) is 0 Å². The van der Waals surface area contributed by atoms with Crippen molar-refractivity contribution in [3.8, 4) is 17.2 Å². The van der Waals surface area contributed by atoms with Gasteiger partial charge in [0.1, 0.15) is 23.0 Å². The van der Waals surface area contributed by atoms with Crippen molar-refractivity contribution in [2.24, 2.45) is 0 Å². The van der Waals surface area contributed by atoms with E-state index in [4.69, 9.17) is 9.47 Å². The molecule has 5 rings (SSSR count). The molecular formula is C30H30N2O5. The van der Waals surface area contributed by atoms with Crippen LogP contribution in [0.2, 0.25) is 0 Å². The Morgan fingerprint density at radius 2 is 1.81 bits per heavy atom. The van der Waals surface area contributed by atoms with E-state index in [0.717, 1.165) is 24.3 Å². The van der Waals surface area contributed by atoms with E-state index < -0.39 is 17.7 Å². The lowest BCUT2D eigenvalue weighted by atomic mass is 9.94. The highest BCUT2D eigenvalue weighted by molar-refractivity contribution is 6.46. The molecule has 0 aliphatic carbocycles. The summed E-state index contributed by atoms with van der Waals surface area (Å²) < 4.78 is 11.6. The maximum absolute atomic E-state index is 13.3. The molecule has 190 valence electrons. The second kappa shape index (κ2) is 10.5. The first kappa shape index (κ1) is 24.6. The Kier molecular flexibility index (Phi) is 6.97. The topological polar surface area (TPSA) is 79.3 Å². The number of nitrogens with zero attached hydrogens (tertiary/aromatic N) is 2. The molecule has 0 aromatic heterocycles. The largest absolute Gasteiger partial charge is 0.507 e. The van der Waals surface area contributed by atoms with Gasteiger partial charge in [0, 0.05) is 18.5 Å². The van der Waals surface area contributed by atoms with Gasteiger partial charge in [0.05, 0.1) is 18.2 Å². The maximum atomic E-state index is 13.3. The van der Waals surface area contributed by atoms with Gasteiger partial charge in [0.15, 0.2) is 0 Å². The van der Waals surface area contributed by atoms with E-state index in [-0.39, 0.29) is 11.3 Å². The first-order chi connectivity index (χ1) is 17.9. The van der Waals surface area contributed by atoms with Gasteiger partial charge in [-0.05, 0) is 80.7 Å². The normalized spacial score (nSPS) is 18.2. The number of rotatable bonds is 8. The number of benzene rings is 3. The Morgan fingerprint density at radius 1 is 1.03 bits per heavy atom. The summed E-state index contributed by atoms with van der Waals surface area (Å²) in [6.07, 6.45) is 1.42. The first-order valence-electron chi connectivity index (χ1n) is 12.4.